The van der Waals surface area contributed by atoms with Gasteiger partial charge in [0.05, 0.1) is 0 Å². The first kappa shape index (κ1) is 11.5. The van der Waals surface area contributed by atoms with Gasteiger partial charge in [-0.2, -0.15) is 0 Å². The Hall–Kier alpha value is -1.02. The van der Waals surface area contributed by atoms with E-state index in [1.165, 1.54) is 18.4 Å². The second-order valence-corrected chi connectivity index (χ2v) is 5.48. The lowest BCUT2D eigenvalue weighted by Gasteiger charge is -2.26. The molecule has 1 aliphatic carbocycles. The third-order valence-electron chi connectivity index (χ3n) is 3.57. The fraction of sp³-hybridized carbons (Fsp3) is 0.571. The molecule has 0 amide bonds. The molecule has 2 nitrogen and oxygen atoms in total. The van der Waals surface area contributed by atoms with Gasteiger partial charge in [0, 0.05) is 17.6 Å². The highest BCUT2D eigenvalue weighted by molar-refractivity contribution is 5.35. The highest BCUT2D eigenvalue weighted by Crippen LogP contribution is 2.39. The van der Waals surface area contributed by atoms with Crippen molar-refractivity contribution >= 4 is 0 Å². The third kappa shape index (κ3) is 2.56. The number of hydrogen-bond acceptors (Lipinski definition) is 2. The first-order valence-electron chi connectivity index (χ1n) is 6.02. The maximum Gasteiger partial charge on any atom is 0.120 e. The van der Waals surface area contributed by atoms with E-state index in [2.05, 4.69) is 26.1 Å². The first-order valence-corrected chi connectivity index (χ1v) is 6.02. The fourth-order valence-corrected chi connectivity index (χ4v) is 2.13. The van der Waals surface area contributed by atoms with Crippen molar-refractivity contribution in [2.45, 2.75) is 45.7 Å². The van der Waals surface area contributed by atoms with Gasteiger partial charge in [-0.05, 0) is 45.6 Å². The monoisotopic (exact) mass is 219 g/mol. The minimum Gasteiger partial charge on any atom is -0.508 e. The summed E-state index contributed by atoms with van der Waals surface area (Å²) in [6.45, 7) is 7.29. The molecule has 1 aromatic rings. The van der Waals surface area contributed by atoms with Gasteiger partial charge < -0.3 is 10.4 Å². The summed E-state index contributed by atoms with van der Waals surface area (Å²) in [5, 5.41) is 13.3. The molecule has 88 valence electrons. The van der Waals surface area contributed by atoms with Crippen LogP contribution in [0.25, 0.3) is 0 Å². The van der Waals surface area contributed by atoms with Crippen LogP contribution in [0.15, 0.2) is 18.2 Å². The van der Waals surface area contributed by atoms with E-state index in [0.29, 0.717) is 5.75 Å². The van der Waals surface area contributed by atoms with E-state index in [1.54, 1.807) is 6.07 Å². The van der Waals surface area contributed by atoms with Crippen LogP contribution in [0, 0.1) is 12.8 Å². The lowest BCUT2D eigenvalue weighted by Crippen LogP contribution is -2.40. The van der Waals surface area contributed by atoms with Crippen LogP contribution in [0.5, 0.6) is 5.75 Å². The van der Waals surface area contributed by atoms with Crippen LogP contribution in [0.4, 0.5) is 0 Å². The molecule has 0 spiro atoms. The standard InChI is InChI=1S/C14H21NO/c1-10-4-7-13(16)11(8-10)9-15-14(2,3)12-5-6-12/h4,7-8,12,15-16H,5-6,9H2,1-3H3. The van der Waals surface area contributed by atoms with Crippen molar-refractivity contribution in [1.82, 2.24) is 5.32 Å². The third-order valence-corrected chi connectivity index (χ3v) is 3.57. The molecule has 1 aromatic carbocycles. The number of aryl methyl sites for hydroxylation is 1. The predicted octanol–water partition coefficient (Wildman–Crippen LogP) is 2.98. The first-order chi connectivity index (χ1) is 7.49. The Labute approximate surface area is 97.7 Å². The number of phenols is 1. The molecule has 2 N–H and O–H groups in total. The van der Waals surface area contributed by atoms with E-state index in [9.17, 15) is 5.11 Å². The molecule has 0 heterocycles. The molecule has 0 atom stereocenters. The maximum atomic E-state index is 9.75. The normalized spacial score (nSPS) is 16.4. The Morgan fingerprint density at radius 3 is 2.69 bits per heavy atom. The van der Waals surface area contributed by atoms with E-state index >= 15 is 0 Å². The van der Waals surface area contributed by atoms with Gasteiger partial charge in [0.1, 0.15) is 5.75 Å². The van der Waals surface area contributed by atoms with Crippen molar-refractivity contribution in [3.05, 3.63) is 29.3 Å². The van der Waals surface area contributed by atoms with E-state index in [0.717, 1.165) is 18.0 Å². The number of phenolic OH excluding ortho intramolecular Hbond substituents is 1. The van der Waals surface area contributed by atoms with Gasteiger partial charge in [-0.3, -0.25) is 0 Å². The van der Waals surface area contributed by atoms with Gasteiger partial charge in [0.2, 0.25) is 0 Å². The molecule has 2 rings (SSSR count). The fourth-order valence-electron chi connectivity index (χ4n) is 2.13. The summed E-state index contributed by atoms with van der Waals surface area (Å²) < 4.78 is 0. The van der Waals surface area contributed by atoms with E-state index < -0.39 is 0 Å². The van der Waals surface area contributed by atoms with Crippen LogP contribution in [0.1, 0.15) is 37.8 Å². The minimum atomic E-state index is 0.191. The lowest BCUT2D eigenvalue weighted by molar-refractivity contribution is 0.336. The Morgan fingerprint density at radius 1 is 1.38 bits per heavy atom. The summed E-state index contributed by atoms with van der Waals surface area (Å²) in [5.41, 5.74) is 2.38. The number of hydrogen-bond donors (Lipinski definition) is 2. The summed E-state index contributed by atoms with van der Waals surface area (Å²) in [6.07, 6.45) is 2.67. The molecule has 0 radical (unpaired) electrons. The van der Waals surface area contributed by atoms with E-state index in [-0.39, 0.29) is 5.54 Å². The molecule has 0 aliphatic heterocycles. The van der Waals surface area contributed by atoms with E-state index in [4.69, 9.17) is 0 Å². The molecular weight excluding hydrogens is 198 g/mol. The van der Waals surface area contributed by atoms with E-state index in [1.807, 2.05) is 12.1 Å². The summed E-state index contributed by atoms with van der Waals surface area (Å²) in [5.74, 6) is 1.20. The molecule has 0 unspecified atom stereocenters. The summed E-state index contributed by atoms with van der Waals surface area (Å²) in [6, 6.07) is 5.76. The average molecular weight is 219 g/mol. The smallest absolute Gasteiger partial charge is 0.120 e. The summed E-state index contributed by atoms with van der Waals surface area (Å²) >= 11 is 0. The topological polar surface area (TPSA) is 32.3 Å². The van der Waals surface area contributed by atoms with Crippen LogP contribution in [0.3, 0.4) is 0 Å². The minimum absolute atomic E-state index is 0.191. The largest absolute Gasteiger partial charge is 0.508 e. The molecule has 2 heteroatoms. The van der Waals surface area contributed by atoms with Crippen molar-refractivity contribution < 1.29 is 5.11 Å². The Morgan fingerprint density at radius 2 is 2.06 bits per heavy atom. The maximum absolute atomic E-state index is 9.75. The predicted molar refractivity (Wildman–Crippen MR) is 66.5 cm³/mol. The van der Waals surface area contributed by atoms with Crippen LogP contribution in [-0.4, -0.2) is 10.6 Å². The van der Waals surface area contributed by atoms with Gasteiger partial charge in [-0.1, -0.05) is 17.7 Å². The Kier molecular flexibility index (Phi) is 2.94. The van der Waals surface area contributed by atoms with Crippen molar-refractivity contribution in [2.24, 2.45) is 5.92 Å². The molecule has 1 saturated carbocycles. The Bertz CT molecular complexity index is 380. The SMILES string of the molecule is Cc1ccc(O)c(CNC(C)(C)C2CC2)c1. The molecule has 0 saturated heterocycles. The highest BCUT2D eigenvalue weighted by Gasteiger charge is 2.37. The van der Waals surface area contributed by atoms with Crippen molar-refractivity contribution in [1.29, 1.82) is 0 Å². The van der Waals surface area contributed by atoms with Crippen molar-refractivity contribution in [3.8, 4) is 5.75 Å². The van der Waals surface area contributed by atoms with Crippen molar-refractivity contribution in [3.63, 3.8) is 0 Å². The summed E-state index contributed by atoms with van der Waals surface area (Å²) in [7, 11) is 0. The van der Waals surface area contributed by atoms with Crippen molar-refractivity contribution in [2.75, 3.05) is 0 Å². The molecule has 0 aromatic heterocycles. The number of aromatic hydroxyl groups is 1. The highest BCUT2D eigenvalue weighted by atomic mass is 16.3. The van der Waals surface area contributed by atoms with Gasteiger partial charge in [-0.25, -0.2) is 0 Å². The molecule has 16 heavy (non-hydrogen) atoms. The summed E-state index contributed by atoms with van der Waals surface area (Å²) in [4.78, 5) is 0. The lowest BCUT2D eigenvalue weighted by atomic mass is 9.98. The number of benzene rings is 1. The zero-order chi connectivity index (χ0) is 11.8. The van der Waals surface area contributed by atoms with Gasteiger partial charge in [0.15, 0.2) is 0 Å². The van der Waals surface area contributed by atoms with Crippen LogP contribution in [-0.2, 0) is 6.54 Å². The zero-order valence-corrected chi connectivity index (χ0v) is 10.4. The second kappa shape index (κ2) is 4.10. The van der Waals surface area contributed by atoms with Gasteiger partial charge in [-0.15, -0.1) is 0 Å². The van der Waals surface area contributed by atoms with Crippen LogP contribution in [0.2, 0.25) is 0 Å². The van der Waals surface area contributed by atoms with Crippen LogP contribution < -0.4 is 5.32 Å². The van der Waals surface area contributed by atoms with Gasteiger partial charge in [0.25, 0.3) is 0 Å². The molecule has 1 fully saturated rings. The van der Waals surface area contributed by atoms with Gasteiger partial charge >= 0.3 is 0 Å². The Balaban J connectivity index is 2.01. The second-order valence-electron chi connectivity index (χ2n) is 5.48. The quantitative estimate of drug-likeness (QED) is 0.816. The zero-order valence-electron chi connectivity index (χ0n) is 10.4. The van der Waals surface area contributed by atoms with Crippen LogP contribution >= 0.6 is 0 Å². The number of nitrogens with one attached hydrogen (secondary N) is 1. The molecule has 1 aliphatic rings. The average Bonchev–Trinajstić information content (AvgIpc) is 3.03. The molecule has 0 bridgehead atoms. The molecular formula is C14H21NO. The number of rotatable bonds is 4.